The Morgan fingerprint density at radius 1 is 1.27 bits per heavy atom. The summed E-state index contributed by atoms with van der Waals surface area (Å²) < 4.78 is 9.93. The molecule has 0 aromatic carbocycles. The highest BCUT2D eigenvalue weighted by atomic mass is 16.6. The molecule has 1 saturated heterocycles. The van der Waals surface area contributed by atoms with Gasteiger partial charge in [-0.1, -0.05) is 5.16 Å². The minimum Gasteiger partial charge on any atom is -0.450 e. The van der Waals surface area contributed by atoms with E-state index in [1.165, 1.54) is 6.20 Å². The Bertz CT molecular complexity index is 766. The average Bonchev–Trinajstić information content (AvgIpc) is 3.07. The van der Waals surface area contributed by atoms with Crippen molar-refractivity contribution < 1.29 is 18.8 Å². The van der Waals surface area contributed by atoms with Crippen LogP contribution in [0.1, 0.15) is 23.0 Å². The van der Waals surface area contributed by atoms with E-state index < -0.39 is 0 Å². The number of piperazine rings is 1. The number of aromatic nitrogens is 2. The van der Waals surface area contributed by atoms with Crippen molar-refractivity contribution in [3.63, 3.8) is 0 Å². The summed E-state index contributed by atoms with van der Waals surface area (Å²) in [4.78, 5) is 32.0. The molecule has 2 amide bonds. The third kappa shape index (κ3) is 4.11. The van der Waals surface area contributed by atoms with Gasteiger partial charge in [0.15, 0.2) is 5.82 Å². The van der Waals surface area contributed by atoms with E-state index in [9.17, 15) is 9.59 Å². The summed E-state index contributed by atoms with van der Waals surface area (Å²) in [6.07, 6.45) is 1.24. The van der Waals surface area contributed by atoms with Crippen LogP contribution >= 0.6 is 0 Å². The number of ether oxygens (including phenoxy) is 1. The Morgan fingerprint density at radius 2 is 2.04 bits per heavy atom. The van der Waals surface area contributed by atoms with Gasteiger partial charge >= 0.3 is 6.09 Å². The van der Waals surface area contributed by atoms with E-state index >= 15 is 0 Å². The predicted molar refractivity (Wildman–Crippen MR) is 94.2 cm³/mol. The number of anilines is 2. The maximum absolute atomic E-state index is 12.2. The minimum absolute atomic E-state index is 0.282. The second-order valence-corrected chi connectivity index (χ2v) is 5.86. The lowest BCUT2D eigenvalue weighted by Gasteiger charge is -2.34. The summed E-state index contributed by atoms with van der Waals surface area (Å²) in [5, 5.41) is 6.38. The summed E-state index contributed by atoms with van der Waals surface area (Å²) in [5.41, 5.74) is 0.430. The number of carbonyl (C=O) groups is 2. The number of rotatable bonds is 4. The monoisotopic (exact) mass is 359 g/mol. The molecule has 2 aromatic heterocycles. The standard InChI is InChI=1S/C17H21N5O4/c1-3-25-17(24)22-8-6-21(7-9-22)15-5-4-13(11-18-15)16(23)19-14-10-12(2)26-20-14/h4-5,10-11H,3,6-9H2,1-2H3,(H,19,20,23). The van der Waals surface area contributed by atoms with Gasteiger partial charge in [-0.2, -0.15) is 0 Å². The Hall–Kier alpha value is -3.10. The predicted octanol–water partition coefficient (Wildman–Crippen LogP) is 1.91. The maximum atomic E-state index is 12.2. The lowest BCUT2D eigenvalue weighted by Crippen LogP contribution is -2.49. The van der Waals surface area contributed by atoms with Gasteiger partial charge in [-0.15, -0.1) is 0 Å². The molecule has 9 heteroatoms. The number of hydrogen-bond donors (Lipinski definition) is 1. The zero-order chi connectivity index (χ0) is 18.5. The van der Waals surface area contributed by atoms with Gasteiger partial charge in [0.25, 0.3) is 5.91 Å². The molecule has 2 aromatic rings. The number of amides is 2. The van der Waals surface area contributed by atoms with Crippen molar-refractivity contribution in [3.8, 4) is 0 Å². The molecule has 3 heterocycles. The molecule has 138 valence electrons. The average molecular weight is 359 g/mol. The first kappa shape index (κ1) is 17.7. The summed E-state index contributed by atoms with van der Waals surface area (Å²) in [6.45, 7) is 6.39. The highest BCUT2D eigenvalue weighted by Crippen LogP contribution is 2.16. The lowest BCUT2D eigenvalue weighted by atomic mass is 10.2. The summed E-state index contributed by atoms with van der Waals surface area (Å²) in [6, 6.07) is 5.15. The number of aryl methyl sites for hydroxylation is 1. The van der Waals surface area contributed by atoms with Crippen molar-refractivity contribution in [3.05, 3.63) is 35.7 Å². The molecule has 0 saturated carbocycles. The van der Waals surface area contributed by atoms with Crippen molar-refractivity contribution in [1.29, 1.82) is 0 Å². The third-order valence-corrected chi connectivity index (χ3v) is 4.01. The summed E-state index contributed by atoms with van der Waals surface area (Å²) in [7, 11) is 0. The van der Waals surface area contributed by atoms with E-state index in [2.05, 4.69) is 20.4 Å². The molecule has 9 nitrogen and oxygen atoms in total. The Kier molecular flexibility index (Phi) is 5.35. The molecule has 0 bridgehead atoms. The number of pyridine rings is 1. The zero-order valence-electron chi connectivity index (χ0n) is 14.8. The molecule has 1 N–H and O–H groups in total. The van der Waals surface area contributed by atoms with Crippen LogP contribution in [-0.4, -0.2) is 59.8 Å². The van der Waals surface area contributed by atoms with Crippen LogP contribution in [0.4, 0.5) is 16.4 Å². The van der Waals surface area contributed by atoms with Crippen molar-refractivity contribution in [2.24, 2.45) is 0 Å². The molecule has 0 spiro atoms. The molecule has 1 aliphatic heterocycles. The largest absolute Gasteiger partial charge is 0.450 e. The van der Waals surface area contributed by atoms with Gasteiger partial charge in [-0.25, -0.2) is 9.78 Å². The normalized spacial score (nSPS) is 14.2. The topological polar surface area (TPSA) is 101 Å². The number of carbonyl (C=O) groups excluding carboxylic acids is 2. The highest BCUT2D eigenvalue weighted by molar-refractivity contribution is 6.03. The third-order valence-electron chi connectivity index (χ3n) is 4.01. The van der Waals surface area contributed by atoms with E-state index in [0.29, 0.717) is 49.9 Å². The van der Waals surface area contributed by atoms with Crippen LogP contribution in [-0.2, 0) is 4.74 Å². The molecular weight excluding hydrogens is 338 g/mol. The van der Waals surface area contributed by atoms with Gasteiger partial charge in [-0.3, -0.25) is 4.79 Å². The molecule has 26 heavy (non-hydrogen) atoms. The van der Waals surface area contributed by atoms with Gasteiger partial charge in [0.1, 0.15) is 11.6 Å². The van der Waals surface area contributed by atoms with Crippen LogP contribution in [0, 0.1) is 6.92 Å². The fraction of sp³-hybridized carbons (Fsp3) is 0.412. The lowest BCUT2D eigenvalue weighted by molar-refractivity contribution is 0.102. The van der Waals surface area contributed by atoms with Crippen LogP contribution in [0.2, 0.25) is 0 Å². The molecule has 3 rings (SSSR count). The SMILES string of the molecule is CCOC(=O)N1CCN(c2ccc(C(=O)Nc3cc(C)on3)cn2)CC1. The van der Waals surface area contributed by atoms with Crippen LogP contribution in [0.25, 0.3) is 0 Å². The van der Waals surface area contributed by atoms with Crippen LogP contribution < -0.4 is 10.2 Å². The number of hydrogen-bond acceptors (Lipinski definition) is 7. The van der Waals surface area contributed by atoms with Crippen molar-refractivity contribution in [2.45, 2.75) is 13.8 Å². The van der Waals surface area contributed by atoms with Crippen LogP contribution in [0.5, 0.6) is 0 Å². The van der Waals surface area contributed by atoms with Crippen LogP contribution in [0.15, 0.2) is 28.9 Å². The van der Waals surface area contributed by atoms with E-state index in [4.69, 9.17) is 9.26 Å². The molecule has 1 fully saturated rings. The van der Waals surface area contributed by atoms with Crippen LogP contribution in [0.3, 0.4) is 0 Å². The van der Waals surface area contributed by atoms with Crippen molar-refractivity contribution in [1.82, 2.24) is 15.0 Å². The zero-order valence-corrected chi connectivity index (χ0v) is 14.8. The smallest absolute Gasteiger partial charge is 0.409 e. The Balaban J connectivity index is 1.56. The Labute approximate surface area is 150 Å². The molecule has 0 aliphatic carbocycles. The van der Waals surface area contributed by atoms with E-state index in [0.717, 1.165) is 5.82 Å². The molecule has 0 radical (unpaired) electrons. The van der Waals surface area contributed by atoms with Gasteiger partial charge in [0.05, 0.1) is 12.2 Å². The number of nitrogens with zero attached hydrogens (tertiary/aromatic N) is 4. The Morgan fingerprint density at radius 3 is 2.62 bits per heavy atom. The second-order valence-electron chi connectivity index (χ2n) is 5.86. The van der Waals surface area contributed by atoms with Gasteiger partial charge < -0.3 is 24.4 Å². The fourth-order valence-corrected chi connectivity index (χ4v) is 2.65. The maximum Gasteiger partial charge on any atom is 0.409 e. The fourth-order valence-electron chi connectivity index (χ4n) is 2.65. The van der Waals surface area contributed by atoms with Crippen molar-refractivity contribution >= 4 is 23.6 Å². The van der Waals surface area contributed by atoms with Gasteiger partial charge in [0, 0.05) is 38.4 Å². The van der Waals surface area contributed by atoms with E-state index in [1.54, 1.807) is 36.9 Å². The number of nitrogens with one attached hydrogen (secondary N) is 1. The van der Waals surface area contributed by atoms with Gasteiger partial charge in [0.2, 0.25) is 0 Å². The quantitative estimate of drug-likeness (QED) is 0.890. The highest BCUT2D eigenvalue weighted by Gasteiger charge is 2.22. The van der Waals surface area contributed by atoms with E-state index in [-0.39, 0.29) is 12.0 Å². The first-order valence-electron chi connectivity index (χ1n) is 8.44. The first-order valence-corrected chi connectivity index (χ1v) is 8.44. The molecule has 0 atom stereocenters. The van der Waals surface area contributed by atoms with E-state index in [1.807, 2.05) is 0 Å². The summed E-state index contributed by atoms with van der Waals surface area (Å²) in [5.74, 6) is 1.45. The minimum atomic E-state index is -0.301. The second kappa shape index (κ2) is 7.85. The van der Waals surface area contributed by atoms with Crippen molar-refractivity contribution in [2.75, 3.05) is 43.0 Å². The van der Waals surface area contributed by atoms with Gasteiger partial charge in [-0.05, 0) is 26.0 Å². The molecular formula is C17H21N5O4. The summed E-state index contributed by atoms with van der Waals surface area (Å²) >= 11 is 0. The first-order chi connectivity index (χ1) is 12.6. The molecule has 0 unspecified atom stereocenters. The molecule has 1 aliphatic rings.